The van der Waals surface area contributed by atoms with Crippen molar-refractivity contribution in [1.29, 1.82) is 0 Å². The molecule has 0 bridgehead atoms. The van der Waals surface area contributed by atoms with Gasteiger partial charge in [0, 0.05) is 17.1 Å². The lowest BCUT2D eigenvalue weighted by atomic mass is 10.0. The Balaban J connectivity index is 1.60. The number of hydrogen-bond acceptors (Lipinski definition) is 5. The van der Waals surface area contributed by atoms with Crippen LogP contribution in [0.25, 0.3) is 11.1 Å². The van der Waals surface area contributed by atoms with Crippen LogP contribution >= 0.6 is 11.8 Å². The zero-order valence-corrected chi connectivity index (χ0v) is 15.2. The number of carbonyl (C=O) groups is 1. The average molecular weight is 373 g/mol. The molecular formula is C20H23NO4S. The van der Waals surface area contributed by atoms with Gasteiger partial charge in [-0.3, -0.25) is 4.79 Å². The standard InChI is InChI=1S/C20H23NO4S/c22-9-10-26-13-14-1-3-15(4-2-14)16-5-7-17(8-6-16)20(24)21-18-11-25-12-19(18)23/h1-8,18-19,22-23H,9-13H2,(H,21,24)/t18-,19-/m0/s1. The van der Waals surface area contributed by atoms with E-state index in [4.69, 9.17) is 9.84 Å². The van der Waals surface area contributed by atoms with Crippen molar-refractivity contribution in [1.82, 2.24) is 5.32 Å². The second kappa shape index (κ2) is 9.19. The maximum atomic E-state index is 12.3. The number of nitrogens with one attached hydrogen (secondary N) is 1. The molecule has 3 rings (SSSR count). The number of amides is 1. The van der Waals surface area contributed by atoms with Crippen LogP contribution in [0.15, 0.2) is 48.5 Å². The molecule has 0 radical (unpaired) electrons. The fourth-order valence-electron chi connectivity index (χ4n) is 2.79. The molecule has 138 valence electrons. The summed E-state index contributed by atoms with van der Waals surface area (Å²) in [5.74, 6) is 1.42. The molecule has 0 spiro atoms. The maximum Gasteiger partial charge on any atom is 0.251 e. The zero-order chi connectivity index (χ0) is 18.4. The monoisotopic (exact) mass is 373 g/mol. The Morgan fingerprint density at radius 3 is 2.31 bits per heavy atom. The van der Waals surface area contributed by atoms with Crippen LogP contribution in [0, 0.1) is 0 Å². The molecule has 26 heavy (non-hydrogen) atoms. The molecule has 6 heteroatoms. The van der Waals surface area contributed by atoms with Crippen molar-refractivity contribution in [3.05, 3.63) is 59.7 Å². The number of thioether (sulfide) groups is 1. The van der Waals surface area contributed by atoms with Gasteiger partial charge in [-0.05, 0) is 28.8 Å². The summed E-state index contributed by atoms with van der Waals surface area (Å²) in [4.78, 5) is 12.3. The van der Waals surface area contributed by atoms with E-state index in [0.717, 1.165) is 22.6 Å². The highest BCUT2D eigenvalue weighted by molar-refractivity contribution is 7.98. The third kappa shape index (κ3) is 4.86. The first kappa shape index (κ1) is 18.9. The van der Waals surface area contributed by atoms with E-state index in [0.29, 0.717) is 12.2 Å². The average Bonchev–Trinajstić information content (AvgIpc) is 3.07. The number of benzene rings is 2. The van der Waals surface area contributed by atoms with E-state index in [1.165, 1.54) is 5.56 Å². The largest absolute Gasteiger partial charge is 0.396 e. The van der Waals surface area contributed by atoms with Gasteiger partial charge in [0.1, 0.15) is 0 Å². The first-order valence-corrected chi connectivity index (χ1v) is 9.77. The third-order valence-corrected chi connectivity index (χ3v) is 5.31. The van der Waals surface area contributed by atoms with Crippen molar-refractivity contribution >= 4 is 17.7 Å². The van der Waals surface area contributed by atoms with Gasteiger partial charge in [0.05, 0.1) is 32.0 Å². The molecule has 1 fully saturated rings. The minimum Gasteiger partial charge on any atom is -0.396 e. The van der Waals surface area contributed by atoms with Gasteiger partial charge in [-0.1, -0.05) is 36.4 Å². The number of rotatable bonds is 7. The summed E-state index contributed by atoms with van der Waals surface area (Å²) < 4.78 is 5.14. The highest BCUT2D eigenvalue weighted by Crippen LogP contribution is 2.22. The van der Waals surface area contributed by atoms with Crippen molar-refractivity contribution in [2.45, 2.75) is 17.9 Å². The Morgan fingerprint density at radius 2 is 1.73 bits per heavy atom. The Labute approximate surface area is 157 Å². The lowest BCUT2D eigenvalue weighted by Gasteiger charge is -2.14. The first-order chi connectivity index (χ1) is 12.7. The summed E-state index contributed by atoms with van der Waals surface area (Å²) in [5.41, 5.74) is 3.92. The topological polar surface area (TPSA) is 78.8 Å². The van der Waals surface area contributed by atoms with Gasteiger partial charge in [0.25, 0.3) is 5.91 Å². The molecule has 1 heterocycles. The van der Waals surface area contributed by atoms with Gasteiger partial charge in [0.2, 0.25) is 0 Å². The van der Waals surface area contributed by atoms with Crippen LogP contribution in [0.1, 0.15) is 15.9 Å². The Hall–Kier alpha value is -1.86. The van der Waals surface area contributed by atoms with Gasteiger partial charge < -0.3 is 20.3 Å². The lowest BCUT2D eigenvalue weighted by molar-refractivity contribution is 0.0886. The van der Waals surface area contributed by atoms with E-state index in [1.54, 1.807) is 23.9 Å². The summed E-state index contributed by atoms with van der Waals surface area (Å²) in [6.07, 6.45) is -0.646. The Bertz CT molecular complexity index is 718. The van der Waals surface area contributed by atoms with Crippen molar-refractivity contribution in [2.24, 2.45) is 0 Å². The molecule has 0 unspecified atom stereocenters. The van der Waals surface area contributed by atoms with Gasteiger partial charge in [-0.2, -0.15) is 11.8 Å². The number of aliphatic hydroxyl groups excluding tert-OH is 2. The van der Waals surface area contributed by atoms with Crippen LogP contribution in [-0.2, 0) is 10.5 Å². The quantitative estimate of drug-likeness (QED) is 0.648. The van der Waals surface area contributed by atoms with Gasteiger partial charge in [-0.15, -0.1) is 0 Å². The maximum absolute atomic E-state index is 12.3. The van der Waals surface area contributed by atoms with Crippen LogP contribution in [0.4, 0.5) is 0 Å². The third-order valence-electron chi connectivity index (χ3n) is 4.31. The molecule has 2 aromatic carbocycles. The Kier molecular flexibility index (Phi) is 6.68. The summed E-state index contributed by atoms with van der Waals surface area (Å²) in [7, 11) is 0. The fraction of sp³-hybridized carbons (Fsp3) is 0.350. The van der Waals surface area contributed by atoms with E-state index in [9.17, 15) is 9.90 Å². The van der Waals surface area contributed by atoms with Crippen LogP contribution in [0.2, 0.25) is 0 Å². The highest BCUT2D eigenvalue weighted by atomic mass is 32.2. The SMILES string of the molecule is O=C(N[C@H]1COC[C@@H]1O)c1ccc(-c2ccc(CSCCO)cc2)cc1. The predicted molar refractivity (Wildman–Crippen MR) is 103 cm³/mol. The second-order valence-corrected chi connectivity index (χ2v) is 7.34. The molecule has 2 atom stereocenters. The second-order valence-electron chi connectivity index (χ2n) is 6.24. The molecule has 1 aliphatic rings. The van der Waals surface area contributed by atoms with E-state index in [-0.39, 0.29) is 25.2 Å². The molecule has 0 aliphatic carbocycles. The number of aliphatic hydroxyl groups is 2. The van der Waals surface area contributed by atoms with Crippen molar-refractivity contribution in [2.75, 3.05) is 25.6 Å². The molecule has 2 aromatic rings. The van der Waals surface area contributed by atoms with E-state index >= 15 is 0 Å². The Morgan fingerprint density at radius 1 is 1.08 bits per heavy atom. The summed E-state index contributed by atoms with van der Waals surface area (Å²) in [6.45, 7) is 0.807. The molecule has 0 saturated carbocycles. The normalized spacial score (nSPS) is 19.5. The van der Waals surface area contributed by atoms with Crippen molar-refractivity contribution in [3.63, 3.8) is 0 Å². The molecule has 1 amide bonds. The van der Waals surface area contributed by atoms with Crippen LogP contribution in [-0.4, -0.2) is 53.8 Å². The lowest BCUT2D eigenvalue weighted by Crippen LogP contribution is -2.42. The molecule has 0 aromatic heterocycles. The number of ether oxygens (including phenoxy) is 1. The summed E-state index contributed by atoms with van der Waals surface area (Å²) in [5, 5.41) is 21.3. The van der Waals surface area contributed by atoms with Gasteiger partial charge in [-0.25, -0.2) is 0 Å². The van der Waals surface area contributed by atoms with Crippen molar-refractivity contribution in [3.8, 4) is 11.1 Å². The number of carbonyl (C=O) groups excluding carboxylic acids is 1. The van der Waals surface area contributed by atoms with Crippen LogP contribution < -0.4 is 5.32 Å². The van der Waals surface area contributed by atoms with Crippen LogP contribution in [0.5, 0.6) is 0 Å². The predicted octanol–water partition coefficient (Wildman–Crippen LogP) is 2.07. The minimum absolute atomic E-state index is 0.204. The fourth-order valence-corrected chi connectivity index (χ4v) is 3.50. The highest BCUT2D eigenvalue weighted by Gasteiger charge is 2.27. The molecule has 1 aliphatic heterocycles. The molecular weight excluding hydrogens is 350 g/mol. The smallest absolute Gasteiger partial charge is 0.251 e. The molecule has 1 saturated heterocycles. The summed E-state index contributed by atoms with van der Waals surface area (Å²) >= 11 is 1.70. The summed E-state index contributed by atoms with van der Waals surface area (Å²) in [6, 6.07) is 15.4. The minimum atomic E-state index is -0.646. The van der Waals surface area contributed by atoms with Gasteiger partial charge in [0.15, 0.2) is 0 Å². The van der Waals surface area contributed by atoms with Gasteiger partial charge >= 0.3 is 0 Å². The molecule has 3 N–H and O–H groups in total. The van der Waals surface area contributed by atoms with E-state index < -0.39 is 6.10 Å². The number of hydrogen-bond donors (Lipinski definition) is 3. The van der Waals surface area contributed by atoms with Crippen LogP contribution in [0.3, 0.4) is 0 Å². The van der Waals surface area contributed by atoms with E-state index in [2.05, 4.69) is 29.6 Å². The first-order valence-electron chi connectivity index (χ1n) is 8.62. The van der Waals surface area contributed by atoms with E-state index in [1.807, 2.05) is 12.1 Å². The molecule has 5 nitrogen and oxygen atoms in total. The van der Waals surface area contributed by atoms with Crippen molar-refractivity contribution < 1.29 is 19.7 Å². The zero-order valence-electron chi connectivity index (χ0n) is 14.4.